The number of aliphatic hydroxyl groups excluding tert-OH is 1. The van der Waals surface area contributed by atoms with Gasteiger partial charge in [0.05, 0.1) is 18.2 Å². The first-order chi connectivity index (χ1) is 10.1. The molecular weight excluding hydrogens is 311 g/mol. The van der Waals surface area contributed by atoms with Crippen molar-refractivity contribution in [2.45, 2.75) is 12.5 Å². The molecule has 4 nitrogen and oxygen atoms in total. The predicted octanol–water partition coefficient (Wildman–Crippen LogP) is 2.72. The number of benzene rings is 1. The molecule has 0 fully saturated rings. The van der Waals surface area contributed by atoms with E-state index in [2.05, 4.69) is 10.3 Å². The van der Waals surface area contributed by atoms with Gasteiger partial charge in [0.1, 0.15) is 10.3 Å². The second-order valence-electron chi connectivity index (χ2n) is 4.52. The number of carbonyl (C=O) groups is 1. The molecule has 110 valence electrons. The number of nitrogens with zero attached hydrogens (tertiary/aromatic N) is 1. The molecule has 2 aromatic rings. The van der Waals surface area contributed by atoms with Crippen molar-refractivity contribution in [3.8, 4) is 0 Å². The molecule has 2 rings (SSSR count). The van der Waals surface area contributed by atoms with Gasteiger partial charge in [0, 0.05) is 0 Å². The Hall–Kier alpha value is -1.62. The van der Waals surface area contributed by atoms with E-state index >= 15 is 0 Å². The van der Waals surface area contributed by atoms with E-state index in [0.29, 0.717) is 6.42 Å². The summed E-state index contributed by atoms with van der Waals surface area (Å²) in [5, 5.41) is 12.4. The fourth-order valence-electron chi connectivity index (χ4n) is 1.90. The predicted molar refractivity (Wildman–Crippen MR) is 82.7 cm³/mol. The van der Waals surface area contributed by atoms with Crippen molar-refractivity contribution in [3.05, 3.63) is 63.9 Å². The van der Waals surface area contributed by atoms with Gasteiger partial charge in [-0.2, -0.15) is 0 Å². The summed E-state index contributed by atoms with van der Waals surface area (Å²) in [5.41, 5.74) is 1.25. The van der Waals surface area contributed by atoms with Gasteiger partial charge in [0.25, 0.3) is 5.91 Å². The van der Waals surface area contributed by atoms with Gasteiger partial charge >= 0.3 is 0 Å². The second-order valence-corrected chi connectivity index (χ2v) is 5.26. The third-order valence-electron chi connectivity index (χ3n) is 2.94. The molecule has 0 radical (unpaired) electrons. The van der Waals surface area contributed by atoms with Gasteiger partial charge < -0.3 is 10.4 Å². The third kappa shape index (κ3) is 4.43. The van der Waals surface area contributed by atoms with Crippen molar-refractivity contribution in [2.24, 2.45) is 0 Å². The van der Waals surface area contributed by atoms with Crippen LogP contribution in [0, 0.1) is 0 Å². The average Bonchev–Trinajstić information content (AvgIpc) is 2.47. The monoisotopic (exact) mass is 324 g/mol. The van der Waals surface area contributed by atoms with E-state index in [0.717, 1.165) is 5.56 Å². The first kappa shape index (κ1) is 15.8. The Balaban J connectivity index is 2.06. The number of halogens is 2. The number of hydrogen-bond acceptors (Lipinski definition) is 3. The molecule has 0 bridgehead atoms. The quantitative estimate of drug-likeness (QED) is 0.831. The highest BCUT2D eigenvalue weighted by Crippen LogP contribution is 2.16. The lowest BCUT2D eigenvalue weighted by atomic mass is 10.1. The summed E-state index contributed by atoms with van der Waals surface area (Å²) in [6.07, 6.45) is 0.529. The zero-order chi connectivity index (χ0) is 15.2. The van der Waals surface area contributed by atoms with Crippen LogP contribution < -0.4 is 5.32 Å². The maximum atomic E-state index is 12.1. The minimum Gasteiger partial charge on any atom is -0.394 e. The van der Waals surface area contributed by atoms with Crippen LogP contribution in [0.5, 0.6) is 0 Å². The lowest BCUT2D eigenvalue weighted by Gasteiger charge is -2.16. The summed E-state index contributed by atoms with van der Waals surface area (Å²) in [7, 11) is 0. The van der Waals surface area contributed by atoms with Crippen LogP contribution in [0.1, 0.15) is 15.9 Å². The summed E-state index contributed by atoms with van der Waals surface area (Å²) >= 11 is 11.6. The largest absolute Gasteiger partial charge is 0.394 e. The smallest absolute Gasteiger partial charge is 0.254 e. The third-order valence-corrected chi connectivity index (χ3v) is 3.44. The molecule has 1 aromatic carbocycles. The molecule has 1 atom stereocenters. The Bertz CT molecular complexity index is 620. The van der Waals surface area contributed by atoms with Crippen molar-refractivity contribution >= 4 is 29.1 Å². The van der Waals surface area contributed by atoms with Crippen molar-refractivity contribution in [3.63, 3.8) is 0 Å². The van der Waals surface area contributed by atoms with Crippen LogP contribution in [-0.2, 0) is 6.42 Å². The van der Waals surface area contributed by atoms with E-state index in [9.17, 15) is 9.90 Å². The molecule has 2 N–H and O–H groups in total. The lowest BCUT2D eigenvalue weighted by Crippen LogP contribution is -2.39. The molecular formula is C15H14Cl2N2O2. The highest BCUT2D eigenvalue weighted by molar-refractivity contribution is 6.34. The molecule has 0 saturated carbocycles. The highest BCUT2D eigenvalue weighted by atomic mass is 35.5. The summed E-state index contributed by atoms with van der Waals surface area (Å²) in [6.45, 7) is -0.167. The Morgan fingerprint density at radius 3 is 2.52 bits per heavy atom. The minimum atomic E-state index is -0.397. The zero-order valence-electron chi connectivity index (χ0n) is 11.1. The van der Waals surface area contributed by atoms with Crippen LogP contribution in [-0.4, -0.2) is 28.6 Å². The van der Waals surface area contributed by atoms with Gasteiger partial charge in [0.2, 0.25) is 0 Å². The van der Waals surface area contributed by atoms with Crippen LogP contribution >= 0.6 is 23.2 Å². The SMILES string of the molecule is O=C(N[C@H](CO)Cc1ccccc1)c1ccc(Cl)nc1Cl. The van der Waals surface area contributed by atoms with Crippen LogP contribution in [0.15, 0.2) is 42.5 Å². The first-order valence-corrected chi connectivity index (χ1v) is 7.13. The molecule has 1 heterocycles. The van der Waals surface area contributed by atoms with Gasteiger partial charge in [-0.3, -0.25) is 4.79 Å². The van der Waals surface area contributed by atoms with Crippen LogP contribution in [0.4, 0.5) is 0 Å². The van der Waals surface area contributed by atoms with Crippen molar-refractivity contribution in [1.29, 1.82) is 0 Å². The average molecular weight is 325 g/mol. The second kappa shape index (κ2) is 7.41. The van der Waals surface area contributed by atoms with E-state index < -0.39 is 6.04 Å². The number of aliphatic hydroxyl groups is 1. The van der Waals surface area contributed by atoms with E-state index in [1.165, 1.54) is 12.1 Å². The molecule has 0 aliphatic carbocycles. The first-order valence-electron chi connectivity index (χ1n) is 6.38. The van der Waals surface area contributed by atoms with Crippen LogP contribution in [0.3, 0.4) is 0 Å². The van der Waals surface area contributed by atoms with Crippen LogP contribution in [0.25, 0.3) is 0 Å². The Kier molecular flexibility index (Phi) is 5.56. The van der Waals surface area contributed by atoms with E-state index in [4.69, 9.17) is 23.2 Å². The van der Waals surface area contributed by atoms with Crippen molar-refractivity contribution in [2.75, 3.05) is 6.61 Å². The van der Waals surface area contributed by atoms with Gasteiger partial charge in [-0.1, -0.05) is 53.5 Å². The molecule has 1 aromatic heterocycles. The molecule has 0 aliphatic rings. The van der Waals surface area contributed by atoms with Crippen LogP contribution in [0.2, 0.25) is 10.3 Å². The highest BCUT2D eigenvalue weighted by Gasteiger charge is 2.16. The maximum Gasteiger partial charge on any atom is 0.254 e. The van der Waals surface area contributed by atoms with Gasteiger partial charge in [-0.15, -0.1) is 0 Å². The number of hydrogen-bond donors (Lipinski definition) is 2. The number of amides is 1. The number of nitrogens with one attached hydrogen (secondary N) is 1. The van der Waals surface area contributed by atoms with Gasteiger partial charge in [0.15, 0.2) is 0 Å². The van der Waals surface area contributed by atoms with Gasteiger partial charge in [-0.25, -0.2) is 4.98 Å². The molecule has 6 heteroatoms. The number of carbonyl (C=O) groups excluding carboxylic acids is 1. The summed E-state index contributed by atoms with van der Waals surface area (Å²) in [4.78, 5) is 16.0. The zero-order valence-corrected chi connectivity index (χ0v) is 12.6. The van der Waals surface area contributed by atoms with Gasteiger partial charge in [-0.05, 0) is 24.1 Å². The summed E-state index contributed by atoms with van der Waals surface area (Å²) in [6, 6.07) is 12.2. The molecule has 0 saturated heterocycles. The normalized spacial score (nSPS) is 12.0. The number of pyridine rings is 1. The fourth-order valence-corrected chi connectivity index (χ4v) is 2.34. The molecule has 21 heavy (non-hydrogen) atoms. The van der Waals surface area contributed by atoms with E-state index in [1.54, 1.807) is 0 Å². The van der Waals surface area contributed by atoms with Crippen molar-refractivity contribution in [1.82, 2.24) is 10.3 Å². The number of aromatic nitrogens is 1. The molecule has 1 amide bonds. The minimum absolute atomic E-state index is 0.0383. The molecule has 0 aliphatic heterocycles. The van der Waals surface area contributed by atoms with E-state index in [1.807, 2.05) is 30.3 Å². The summed E-state index contributed by atoms with van der Waals surface area (Å²) < 4.78 is 0. The lowest BCUT2D eigenvalue weighted by molar-refractivity contribution is 0.0916. The topological polar surface area (TPSA) is 62.2 Å². The standard InChI is InChI=1S/C15H14Cl2N2O2/c16-13-7-6-12(14(17)19-13)15(21)18-11(9-20)8-10-4-2-1-3-5-10/h1-7,11,20H,8-9H2,(H,18,21)/t11-/m0/s1. The molecule has 0 unspecified atom stereocenters. The fraction of sp³-hybridized carbons (Fsp3) is 0.200. The Morgan fingerprint density at radius 2 is 1.90 bits per heavy atom. The maximum absolute atomic E-state index is 12.1. The summed E-state index contributed by atoms with van der Waals surface area (Å²) in [5.74, 6) is -0.390. The van der Waals surface area contributed by atoms with Crippen molar-refractivity contribution < 1.29 is 9.90 Å². The Labute approximate surface area is 132 Å². The molecule has 0 spiro atoms. The number of rotatable bonds is 5. The van der Waals surface area contributed by atoms with E-state index in [-0.39, 0.29) is 28.4 Å². The Morgan fingerprint density at radius 1 is 1.19 bits per heavy atom.